The molecule has 1 saturated heterocycles. The van der Waals surface area contributed by atoms with E-state index in [0.717, 1.165) is 18.5 Å². The molecular weight excluding hydrogens is 370 g/mol. The predicted octanol–water partition coefficient (Wildman–Crippen LogP) is 3.24. The number of hydrogen-bond acceptors (Lipinski definition) is 6. The molecule has 1 aliphatic rings. The smallest absolute Gasteiger partial charge is 0.409 e. The van der Waals surface area contributed by atoms with E-state index in [1.165, 1.54) is 6.20 Å². The van der Waals surface area contributed by atoms with Gasteiger partial charge in [0.15, 0.2) is 0 Å². The number of likely N-dealkylation sites (tertiary alicyclic amines) is 1. The Bertz CT molecular complexity index is 917. The van der Waals surface area contributed by atoms with E-state index in [2.05, 4.69) is 21.7 Å². The maximum Gasteiger partial charge on any atom is 0.409 e. The van der Waals surface area contributed by atoms with Gasteiger partial charge in [0, 0.05) is 31.5 Å². The molecule has 0 radical (unpaired) electrons. The van der Waals surface area contributed by atoms with Gasteiger partial charge in [-0.1, -0.05) is 12.1 Å². The van der Waals surface area contributed by atoms with Gasteiger partial charge in [0.2, 0.25) is 0 Å². The van der Waals surface area contributed by atoms with E-state index in [1.807, 2.05) is 0 Å². The predicted molar refractivity (Wildman–Crippen MR) is 109 cm³/mol. The van der Waals surface area contributed by atoms with Gasteiger partial charge in [-0.15, -0.1) is 0 Å². The molecular formula is C21H23N5O3. The van der Waals surface area contributed by atoms with Crippen molar-refractivity contribution in [3.05, 3.63) is 53.9 Å². The normalized spacial score (nSPS) is 14.0. The van der Waals surface area contributed by atoms with Crippen LogP contribution in [0.5, 0.6) is 0 Å². The van der Waals surface area contributed by atoms with E-state index in [0.29, 0.717) is 36.5 Å². The second-order valence-electron chi connectivity index (χ2n) is 6.68. The topological polar surface area (TPSA) is 107 Å². The third kappa shape index (κ3) is 5.23. The van der Waals surface area contributed by atoms with Crippen LogP contribution in [0, 0.1) is 11.3 Å². The fourth-order valence-corrected chi connectivity index (χ4v) is 3.18. The summed E-state index contributed by atoms with van der Waals surface area (Å²) < 4.78 is 5.03. The largest absolute Gasteiger partial charge is 0.450 e. The van der Waals surface area contributed by atoms with E-state index >= 15 is 0 Å². The van der Waals surface area contributed by atoms with Crippen LogP contribution in [0.25, 0.3) is 0 Å². The van der Waals surface area contributed by atoms with Gasteiger partial charge in [0.1, 0.15) is 6.07 Å². The van der Waals surface area contributed by atoms with Crippen molar-refractivity contribution >= 4 is 23.4 Å². The van der Waals surface area contributed by atoms with Gasteiger partial charge in [0.25, 0.3) is 5.91 Å². The molecule has 150 valence electrons. The van der Waals surface area contributed by atoms with E-state index in [4.69, 9.17) is 10.00 Å². The van der Waals surface area contributed by atoms with Crippen molar-refractivity contribution in [1.82, 2.24) is 9.88 Å². The maximum atomic E-state index is 12.6. The van der Waals surface area contributed by atoms with Crippen molar-refractivity contribution in [3.63, 3.8) is 0 Å². The first-order valence-electron chi connectivity index (χ1n) is 9.54. The second-order valence-corrected chi connectivity index (χ2v) is 6.68. The summed E-state index contributed by atoms with van der Waals surface area (Å²) in [5.41, 5.74) is 1.99. The number of benzene rings is 1. The van der Waals surface area contributed by atoms with Crippen molar-refractivity contribution < 1.29 is 14.3 Å². The molecule has 2 heterocycles. The number of aromatic nitrogens is 1. The Morgan fingerprint density at radius 1 is 1.28 bits per heavy atom. The third-order valence-corrected chi connectivity index (χ3v) is 4.69. The Morgan fingerprint density at radius 2 is 2.03 bits per heavy atom. The van der Waals surface area contributed by atoms with Crippen LogP contribution in [-0.4, -0.2) is 47.6 Å². The molecule has 29 heavy (non-hydrogen) atoms. The monoisotopic (exact) mass is 393 g/mol. The van der Waals surface area contributed by atoms with Gasteiger partial charge in [-0.05, 0) is 38.0 Å². The number of hydrogen-bond donors (Lipinski definition) is 2. The number of piperidine rings is 1. The van der Waals surface area contributed by atoms with Crippen molar-refractivity contribution in [2.75, 3.05) is 30.3 Å². The SMILES string of the molecule is CCOC(=O)N1CCC(Nc2cncc(C(=O)Nc3ccccc3C#N)c2)CC1. The van der Waals surface area contributed by atoms with E-state index in [-0.39, 0.29) is 18.0 Å². The number of carbonyl (C=O) groups excluding carboxylic acids is 2. The number of ether oxygens (including phenoxy) is 1. The Kier molecular flexibility index (Phi) is 6.63. The number of pyridine rings is 1. The Hall–Kier alpha value is -3.60. The van der Waals surface area contributed by atoms with E-state index in [1.54, 1.807) is 48.4 Å². The molecule has 2 amide bonds. The Morgan fingerprint density at radius 3 is 2.76 bits per heavy atom. The van der Waals surface area contributed by atoms with Crippen molar-refractivity contribution in [3.8, 4) is 6.07 Å². The number of nitrogens with one attached hydrogen (secondary N) is 2. The summed E-state index contributed by atoms with van der Waals surface area (Å²) in [6.07, 6.45) is 4.44. The molecule has 0 unspecified atom stereocenters. The summed E-state index contributed by atoms with van der Waals surface area (Å²) >= 11 is 0. The van der Waals surface area contributed by atoms with Gasteiger partial charge in [0.05, 0.1) is 29.1 Å². The van der Waals surface area contributed by atoms with Crippen molar-refractivity contribution in [2.45, 2.75) is 25.8 Å². The summed E-state index contributed by atoms with van der Waals surface area (Å²) in [6, 6.07) is 10.8. The first kappa shape index (κ1) is 20.1. The van der Waals surface area contributed by atoms with Gasteiger partial charge in [-0.2, -0.15) is 5.26 Å². The minimum absolute atomic E-state index is 0.181. The van der Waals surface area contributed by atoms with Crippen LogP contribution in [0.3, 0.4) is 0 Å². The molecule has 0 bridgehead atoms. The van der Waals surface area contributed by atoms with Crippen LogP contribution in [0.2, 0.25) is 0 Å². The summed E-state index contributed by atoms with van der Waals surface area (Å²) in [5.74, 6) is -0.332. The average molecular weight is 393 g/mol. The minimum Gasteiger partial charge on any atom is -0.450 e. The number of nitriles is 1. The van der Waals surface area contributed by atoms with Crippen LogP contribution in [0.4, 0.5) is 16.2 Å². The highest BCUT2D eigenvalue weighted by atomic mass is 16.6. The molecule has 8 nitrogen and oxygen atoms in total. The van der Waals surface area contributed by atoms with Crippen LogP contribution >= 0.6 is 0 Å². The lowest BCUT2D eigenvalue weighted by atomic mass is 10.1. The number of amides is 2. The lowest BCUT2D eigenvalue weighted by Gasteiger charge is -2.32. The Labute approximate surface area is 169 Å². The molecule has 0 aliphatic carbocycles. The van der Waals surface area contributed by atoms with Crippen LogP contribution in [0.1, 0.15) is 35.7 Å². The molecule has 1 aromatic carbocycles. The molecule has 2 N–H and O–H groups in total. The van der Waals surface area contributed by atoms with Crippen LogP contribution in [0.15, 0.2) is 42.7 Å². The summed E-state index contributed by atoms with van der Waals surface area (Å²) in [6.45, 7) is 3.40. The lowest BCUT2D eigenvalue weighted by molar-refractivity contribution is 0.0981. The van der Waals surface area contributed by atoms with E-state index < -0.39 is 0 Å². The zero-order valence-electron chi connectivity index (χ0n) is 16.2. The van der Waals surface area contributed by atoms with Gasteiger partial charge in [-0.25, -0.2) is 4.79 Å². The number of carbonyl (C=O) groups is 2. The van der Waals surface area contributed by atoms with E-state index in [9.17, 15) is 9.59 Å². The molecule has 8 heteroatoms. The Balaban J connectivity index is 1.59. The second kappa shape index (κ2) is 9.55. The van der Waals surface area contributed by atoms with Crippen molar-refractivity contribution in [2.24, 2.45) is 0 Å². The first-order chi connectivity index (χ1) is 14.1. The third-order valence-electron chi connectivity index (χ3n) is 4.69. The zero-order valence-corrected chi connectivity index (χ0v) is 16.2. The molecule has 2 aromatic rings. The quantitative estimate of drug-likeness (QED) is 0.807. The van der Waals surface area contributed by atoms with Crippen LogP contribution in [-0.2, 0) is 4.74 Å². The minimum atomic E-state index is -0.332. The fourth-order valence-electron chi connectivity index (χ4n) is 3.18. The molecule has 1 aliphatic heterocycles. The molecule has 3 rings (SSSR count). The molecule has 1 fully saturated rings. The van der Waals surface area contributed by atoms with Gasteiger partial charge >= 0.3 is 6.09 Å². The number of para-hydroxylation sites is 1. The average Bonchev–Trinajstić information content (AvgIpc) is 2.75. The molecule has 1 aromatic heterocycles. The highest BCUT2D eigenvalue weighted by Gasteiger charge is 2.23. The lowest BCUT2D eigenvalue weighted by Crippen LogP contribution is -2.42. The molecule has 0 saturated carbocycles. The fraction of sp³-hybridized carbons (Fsp3) is 0.333. The number of rotatable bonds is 5. The van der Waals surface area contributed by atoms with Crippen molar-refractivity contribution in [1.29, 1.82) is 5.26 Å². The first-order valence-corrected chi connectivity index (χ1v) is 9.54. The van der Waals surface area contributed by atoms with Gasteiger partial charge in [-0.3, -0.25) is 9.78 Å². The maximum absolute atomic E-state index is 12.6. The standard InChI is InChI=1S/C21H23N5O3/c1-2-29-21(28)26-9-7-17(8-10-26)24-18-11-16(13-23-14-18)20(27)25-19-6-4-3-5-15(19)12-22/h3-6,11,13-14,17,24H,2,7-10H2,1H3,(H,25,27). The molecule has 0 atom stereocenters. The summed E-state index contributed by atoms with van der Waals surface area (Å²) in [4.78, 5) is 30.2. The van der Waals surface area contributed by atoms with Gasteiger partial charge < -0.3 is 20.3 Å². The highest BCUT2D eigenvalue weighted by Crippen LogP contribution is 2.19. The van der Waals surface area contributed by atoms with Crippen LogP contribution < -0.4 is 10.6 Å². The summed E-state index contributed by atoms with van der Waals surface area (Å²) in [7, 11) is 0. The summed E-state index contributed by atoms with van der Waals surface area (Å²) in [5, 5.41) is 15.3. The molecule has 0 spiro atoms. The zero-order chi connectivity index (χ0) is 20.6. The number of anilines is 2. The highest BCUT2D eigenvalue weighted by molar-refractivity contribution is 6.05. The number of nitrogens with zero attached hydrogens (tertiary/aromatic N) is 3.